The first-order valence-electron chi connectivity index (χ1n) is 10.2. The van der Waals surface area contributed by atoms with Gasteiger partial charge in [0.15, 0.2) is 11.5 Å². The zero-order valence-electron chi connectivity index (χ0n) is 17.0. The molecule has 4 atom stereocenters. The summed E-state index contributed by atoms with van der Waals surface area (Å²) in [5.41, 5.74) is 0.773. The van der Waals surface area contributed by atoms with E-state index in [9.17, 15) is 9.59 Å². The summed E-state index contributed by atoms with van der Waals surface area (Å²) in [5, 5.41) is 6.96. The molecule has 2 saturated carbocycles. The Hall–Kier alpha value is -3.10. The van der Waals surface area contributed by atoms with Gasteiger partial charge in [0.1, 0.15) is 0 Å². The molecule has 2 bridgehead atoms. The molecule has 1 aliphatic heterocycles. The number of hydrogen-bond acceptors (Lipinski definition) is 7. The van der Waals surface area contributed by atoms with E-state index in [1.165, 1.54) is 4.90 Å². The highest BCUT2D eigenvalue weighted by atomic mass is 16.7. The van der Waals surface area contributed by atoms with Crippen LogP contribution >= 0.6 is 0 Å². The molecule has 2 aromatic rings. The fourth-order valence-corrected chi connectivity index (χ4v) is 4.99. The Morgan fingerprint density at radius 2 is 1.97 bits per heavy atom. The predicted molar refractivity (Wildman–Crippen MR) is 105 cm³/mol. The molecule has 2 heterocycles. The number of likely N-dealkylation sites (N-methyl/N-ethyl adjacent to an activating group) is 1. The maximum atomic E-state index is 12.9. The van der Waals surface area contributed by atoms with E-state index in [0.29, 0.717) is 29.1 Å². The summed E-state index contributed by atoms with van der Waals surface area (Å²) in [4.78, 5) is 30.9. The topological polar surface area (TPSA) is 107 Å². The fraction of sp³-hybridized carbons (Fsp3) is 0.524. The van der Waals surface area contributed by atoms with Crippen molar-refractivity contribution in [2.75, 3.05) is 27.4 Å². The van der Waals surface area contributed by atoms with Crippen molar-refractivity contribution in [2.24, 2.45) is 17.8 Å². The largest absolute Gasteiger partial charge is 0.454 e. The highest BCUT2D eigenvalue weighted by Gasteiger charge is 2.53. The summed E-state index contributed by atoms with van der Waals surface area (Å²) in [6.45, 7) is 0.202. The number of hydrogen-bond donors (Lipinski definition) is 1. The van der Waals surface area contributed by atoms with Crippen LogP contribution in [-0.2, 0) is 9.59 Å². The average Bonchev–Trinajstić information content (AvgIpc) is 3.53. The van der Waals surface area contributed by atoms with Crippen molar-refractivity contribution in [3.63, 3.8) is 0 Å². The van der Waals surface area contributed by atoms with Gasteiger partial charge < -0.3 is 24.2 Å². The van der Waals surface area contributed by atoms with Crippen molar-refractivity contribution < 1.29 is 23.6 Å². The molecule has 30 heavy (non-hydrogen) atoms. The Kier molecular flexibility index (Phi) is 4.60. The number of rotatable bonds is 5. The standard InChI is InChI=1S/C21H24N4O5/c1-25(2)16(26)9-22-20(27)17-11-3-4-12(7-11)18(17)21-23-19(24-30-21)13-5-6-14-15(8-13)29-10-28-14/h5-6,8,11-12,17-18H,3-4,7,9-10H2,1-2H3,(H,22,27)/t11-,12+,17-,18-/m0/s1. The molecule has 5 rings (SSSR count). The summed E-state index contributed by atoms with van der Waals surface area (Å²) in [7, 11) is 3.34. The lowest BCUT2D eigenvalue weighted by Crippen LogP contribution is -2.42. The predicted octanol–water partition coefficient (Wildman–Crippen LogP) is 1.80. The SMILES string of the molecule is CN(C)C(=O)CNC(=O)[C@H]1[C@H]2CC[C@H](C2)[C@@H]1c1nc(-c2ccc3c(c2)OCO3)no1. The Morgan fingerprint density at radius 1 is 1.17 bits per heavy atom. The zero-order valence-corrected chi connectivity index (χ0v) is 17.0. The molecule has 2 amide bonds. The van der Waals surface area contributed by atoms with Crippen LogP contribution in [0.3, 0.4) is 0 Å². The van der Waals surface area contributed by atoms with Gasteiger partial charge in [-0.2, -0.15) is 4.98 Å². The van der Waals surface area contributed by atoms with Crippen LogP contribution in [0.1, 0.15) is 31.1 Å². The summed E-state index contributed by atoms with van der Waals surface area (Å²) >= 11 is 0. The molecule has 2 aliphatic carbocycles. The summed E-state index contributed by atoms with van der Waals surface area (Å²) in [5.74, 6) is 2.34. The van der Waals surface area contributed by atoms with Gasteiger partial charge in [0.25, 0.3) is 0 Å². The van der Waals surface area contributed by atoms with Crippen molar-refractivity contribution in [3.05, 3.63) is 24.1 Å². The van der Waals surface area contributed by atoms with Crippen molar-refractivity contribution in [1.29, 1.82) is 0 Å². The minimum atomic E-state index is -0.247. The Labute approximate surface area is 173 Å². The fourth-order valence-electron chi connectivity index (χ4n) is 4.99. The molecular weight excluding hydrogens is 388 g/mol. The first-order chi connectivity index (χ1) is 14.5. The van der Waals surface area contributed by atoms with Crippen LogP contribution in [-0.4, -0.2) is 54.3 Å². The quantitative estimate of drug-likeness (QED) is 0.798. The number of nitrogens with zero attached hydrogens (tertiary/aromatic N) is 3. The van der Waals surface area contributed by atoms with Crippen LogP contribution < -0.4 is 14.8 Å². The number of aromatic nitrogens is 2. The van der Waals surface area contributed by atoms with Crippen LogP contribution in [0.25, 0.3) is 11.4 Å². The third-order valence-corrected chi connectivity index (χ3v) is 6.49. The first-order valence-corrected chi connectivity index (χ1v) is 10.2. The Bertz CT molecular complexity index is 988. The number of fused-ring (bicyclic) bond motifs is 3. The van der Waals surface area contributed by atoms with E-state index in [2.05, 4.69) is 15.5 Å². The molecule has 0 spiro atoms. The minimum Gasteiger partial charge on any atom is -0.454 e. The van der Waals surface area contributed by atoms with Crippen molar-refractivity contribution >= 4 is 11.8 Å². The molecule has 3 aliphatic rings. The Balaban J connectivity index is 1.36. The normalized spacial score (nSPS) is 26.1. The van der Waals surface area contributed by atoms with Gasteiger partial charge in [-0.05, 0) is 49.3 Å². The lowest BCUT2D eigenvalue weighted by molar-refractivity contribution is -0.133. The average molecular weight is 412 g/mol. The second kappa shape index (κ2) is 7.30. The van der Waals surface area contributed by atoms with E-state index in [-0.39, 0.29) is 42.9 Å². The molecule has 2 fully saturated rings. The zero-order chi connectivity index (χ0) is 20.8. The van der Waals surface area contributed by atoms with Crippen molar-refractivity contribution in [1.82, 2.24) is 20.4 Å². The van der Waals surface area contributed by atoms with Gasteiger partial charge >= 0.3 is 0 Å². The maximum absolute atomic E-state index is 12.9. The number of ether oxygens (including phenoxy) is 2. The summed E-state index contributed by atoms with van der Waals surface area (Å²) < 4.78 is 16.4. The third kappa shape index (κ3) is 3.18. The molecule has 1 N–H and O–H groups in total. The van der Waals surface area contributed by atoms with Crippen LogP contribution in [0.15, 0.2) is 22.7 Å². The molecule has 0 saturated heterocycles. The number of benzene rings is 1. The van der Waals surface area contributed by atoms with Gasteiger partial charge in [-0.1, -0.05) is 5.16 Å². The van der Waals surface area contributed by atoms with E-state index < -0.39 is 0 Å². The van der Waals surface area contributed by atoms with Crippen LogP contribution in [0.5, 0.6) is 11.5 Å². The molecular formula is C21H24N4O5. The van der Waals surface area contributed by atoms with E-state index in [1.807, 2.05) is 18.2 Å². The Morgan fingerprint density at radius 3 is 2.80 bits per heavy atom. The molecule has 1 aromatic carbocycles. The molecule has 0 unspecified atom stereocenters. The smallest absolute Gasteiger partial charge is 0.241 e. The van der Waals surface area contributed by atoms with E-state index in [4.69, 9.17) is 14.0 Å². The third-order valence-electron chi connectivity index (χ3n) is 6.49. The number of carbonyl (C=O) groups excluding carboxylic acids is 2. The second-order valence-corrected chi connectivity index (χ2v) is 8.42. The lowest BCUT2D eigenvalue weighted by Gasteiger charge is -2.27. The molecule has 9 nitrogen and oxygen atoms in total. The highest BCUT2D eigenvalue weighted by molar-refractivity contribution is 5.86. The minimum absolute atomic E-state index is 0.00127. The van der Waals surface area contributed by atoms with Gasteiger partial charge in [0.05, 0.1) is 18.4 Å². The van der Waals surface area contributed by atoms with Crippen molar-refractivity contribution in [3.8, 4) is 22.9 Å². The van der Waals surface area contributed by atoms with Gasteiger partial charge in [0, 0.05) is 19.7 Å². The van der Waals surface area contributed by atoms with E-state index in [1.54, 1.807) is 14.1 Å². The van der Waals surface area contributed by atoms with Gasteiger partial charge in [0.2, 0.25) is 30.3 Å². The first kappa shape index (κ1) is 18.9. The van der Waals surface area contributed by atoms with Crippen LogP contribution in [0.4, 0.5) is 0 Å². The lowest BCUT2D eigenvalue weighted by atomic mass is 9.78. The highest BCUT2D eigenvalue weighted by Crippen LogP contribution is 2.56. The van der Waals surface area contributed by atoms with Crippen LogP contribution in [0.2, 0.25) is 0 Å². The number of nitrogens with one attached hydrogen (secondary N) is 1. The van der Waals surface area contributed by atoms with E-state index >= 15 is 0 Å². The molecule has 1 aromatic heterocycles. The molecule has 158 valence electrons. The summed E-state index contributed by atoms with van der Waals surface area (Å²) in [6.07, 6.45) is 3.05. The number of carbonyl (C=O) groups is 2. The van der Waals surface area contributed by atoms with Gasteiger partial charge in [-0.15, -0.1) is 0 Å². The maximum Gasteiger partial charge on any atom is 0.241 e. The molecule has 0 radical (unpaired) electrons. The van der Waals surface area contributed by atoms with Gasteiger partial charge in [-0.25, -0.2) is 0 Å². The van der Waals surface area contributed by atoms with Crippen molar-refractivity contribution in [2.45, 2.75) is 25.2 Å². The second-order valence-electron chi connectivity index (χ2n) is 8.42. The van der Waals surface area contributed by atoms with E-state index in [0.717, 1.165) is 24.8 Å². The number of amides is 2. The monoisotopic (exact) mass is 412 g/mol. The van der Waals surface area contributed by atoms with Gasteiger partial charge in [-0.3, -0.25) is 9.59 Å². The summed E-state index contributed by atoms with van der Waals surface area (Å²) in [6, 6.07) is 5.51. The molecule has 9 heteroatoms. The van der Waals surface area contributed by atoms with Crippen LogP contribution in [0, 0.1) is 17.8 Å².